The third-order valence-electron chi connectivity index (χ3n) is 5.95. The average molecular weight is 602 g/mol. The van der Waals surface area contributed by atoms with Gasteiger partial charge in [0, 0.05) is 41.6 Å². The van der Waals surface area contributed by atoms with E-state index in [1.165, 1.54) is 66.1 Å². The zero-order chi connectivity index (χ0) is 31.1. The van der Waals surface area contributed by atoms with E-state index in [2.05, 4.69) is 21.3 Å². The third-order valence-corrected chi connectivity index (χ3v) is 6.26. The fourth-order valence-corrected chi connectivity index (χ4v) is 4.13. The summed E-state index contributed by atoms with van der Waals surface area (Å²) in [6, 6.07) is 19.2. The van der Waals surface area contributed by atoms with Crippen LogP contribution < -0.4 is 26.8 Å². The lowest BCUT2D eigenvalue weighted by Gasteiger charge is -2.15. The predicted octanol–water partition coefficient (Wildman–Crippen LogP) is 3.77. The van der Waals surface area contributed by atoms with E-state index in [1.54, 1.807) is 30.5 Å². The maximum Gasteiger partial charge on any atom is 0.322 e. The van der Waals surface area contributed by atoms with E-state index >= 15 is 0 Å². The van der Waals surface area contributed by atoms with Crippen LogP contribution in [-0.4, -0.2) is 45.8 Å². The molecule has 0 bridgehead atoms. The first-order chi connectivity index (χ1) is 20.5. The smallest absolute Gasteiger partial charge is 0.322 e. The van der Waals surface area contributed by atoms with Gasteiger partial charge in [0.2, 0.25) is 5.91 Å². The lowest BCUT2D eigenvalue weighted by Crippen LogP contribution is -2.29. The molecule has 5 N–H and O–H groups in total. The SMILES string of the molecule is CC(=O)Nc1ccc(C(=O)Nc2cc(C(=O)NCC(=O)O)ccc2NC(=O)c2ccc(-n3ccccc3=O)cc2)cc1Cl. The maximum atomic E-state index is 13.1. The number of nitrogens with one attached hydrogen (secondary N) is 4. The van der Waals surface area contributed by atoms with Crippen molar-refractivity contribution in [1.29, 1.82) is 0 Å². The lowest BCUT2D eigenvalue weighted by atomic mass is 10.1. The Balaban J connectivity index is 1.60. The molecule has 0 saturated heterocycles. The van der Waals surface area contributed by atoms with Crippen molar-refractivity contribution in [2.24, 2.45) is 0 Å². The van der Waals surface area contributed by atoms with Gasteiger partial charge in [0.25, 0.3) is 23.3 Å². The highest BCUT2D eigenvalue weighted by molar-refractivity contribution is 6.34. The van der Waals surface area contributed by atoms with E-state index in [9.17, 15) is 28.8 Å². The number of carbonyl (C=O) groups is 5. The third kappa shape index (κ3) is 7.71. The largest absolute Gasteiger partial charge is 0.480 e. The van der Waals surface area contributed by atoms with E-state index in [0.29, 0.717) is 11.4 Å². The number of rotatable bonds is 9. The number of pyridine rings is 1. The summed E-state index contributed by atoms with van der Waals surface area (Å²) in [6.45, 7) is 0.689. The first kappa shape index (κ1) is 30.2. The first-order valence-corrected chi connectivity index (χ1v) is 13.0. The number of nitrogens with zero attached hydrogens (tertiary/aromatic N) is 1. The van der Waals surface area contributed by atoms with Crippen LogP contribution in [0.1, 0.15) is 38.0 Å². The van der Waals surface area contributed by atoms with Gasteiger partial charge in [0.15, 0.2) is 0 Å². The summed E-state index contributed by atoms with van der Waals surface area (Å²) in [4.78, 5) is 73.1. The van der Waals surface area contributed by atoms with Crippen LogP contribution in [0, 0.1) is 0 Å². The molecular formula is C30H24ClN5O7. The average Bonchev–Trinajstić information content (AvgIpc) is 2.97. The normalized spacial score (nSPS) is 10.4. The molecule has 4 aromatic rings. The lowest BCUT2D eigenvalue weighted by molar-refractivity contribution is -0.135. The Morgan fingerprint density at radius 3 is 1.95 bits per heavy atom. The van der Waals surface area contributed by atoms with Crippen LogP contribution in [0.5, 0.6) is 0 Å². The van der Waals surface area contributed by atoms with Crippen molar-refractivity contribution < 1.29 is 29.1 Å². The summed E-state index contributed by atoms with van der Waals surface area (Å²) in [5.41, 5.74) is 1.17. The Morgan fingerprint density at radius 1 is 0.721 bits per heavy atom. The Morgan fingerprint density at radius 2 is 1.33 bits per heavy atom. The van der Waals surface area contributed by atoms with Gasteiger partial charge in [-0.2, -0.15) is 0 Å². The molecule has 0 unspecified atom stereocenters. The zero-order valence-electron chi connectivity index (χ0n) is 22.5. The molecule has 13 heteroatoms. The van der Waals surface area contributed by atoms with Crippen molar-refractivity contribution in [2.75, 3.05) is 22.5 Å². The molecule has 0 radical (unpaired) electrons. The number of anilines is 3. The standard InChI is InChI=1S/C30H24ClN5O7/c1-17(37)33-23-11-7-19(14-22(23)31)30(43)35-25-15-20(28(41)32-16-27(39)40)8-12-24(25)34-29(42)18-5-9-21(10-6-18)36-13-3-2-4-26(36)38/h2-15H,16H2,1H3,(H,32,41)(H,33,37)(H,34,42)(H,35,43)(H,39,40). The minimum atomic E-state index is -1.24. The molecule has 4 rings (SSSR count). The van der Waals surface area contributed by atoms with Gasteiger partial charge in [-0.05, 0) is 66.7 Å². The topological polar surface area (TPSA) is 176 Å². The molecule has 0 saturated carbocycles. The van der Waals surface area contributed by atoms with Gasteiger partial charge in [-0.25, -0.2) is 0 Å². The monoisotopic (exact) mass is 601 g/mol. The van der Waals surface area contributed by atoms with E-state index in [1.807, 2.05) is 0 Å². The Hall–Kier alpha value is -5.75. The number of hydrogen-bond acceptors (Lipinski definition) is 6. The number of hydrogen-bond donors (Lipinski definition) is 5. The summed E-state index contributed by atoms with van der Waals surface area (Å²) in [6.07, 6.45) is 1.60. The van der Waals surface area contributed by atoms with Gasteiger partial charge in [-0.3, -0.25) is 33.3 Å². The Kier molecular flexibility index (Phi) is 9.33. The van der Waals surface area contributed by atoms with Crippen molar-refractivity contribution in [3.8, 4) is 5.69 Å². The highest BCUT2D eigenvalue weighted by Gasteiger charge is 2.17. The molecule has 0 aliphatic carbocycles. The van der Waals surface area contributed by atoms with Gasteiger partial charge in [0.1, 0.15) is 6.54 Å². The number of carboxylic acids is 1. The van der Waals surface area contributed by atoms with Crippen LogP contribution >= 0.6 is 11.6 Å². The Bertz CT molecular complexity index is 1800. The number of carboxylic acid groups (broad SMARTS) is 1. The summed E-state index contributed by atoms with van der Waals surface area (Å²) >= 11 is 6.20. The maximum absolute atomic E-state index is 13.1. The molecule has 0 aliphatic heterocycles. The fourth-order valence-electron chi connectivity index (χ4n) is 3.91. The Labute approximate surface area is 249 Å². The van der Waals surface area contributed by atoms with Gasteiger partial charge in [0.05, 0.1) is 22.1 Å². The quantitative estimate of drug-likeness (QED) is 0.194. The summed E-state index contributed by atoms with van der Waals surface area (Å²) in [5.74, 6) is -3.50. The molecule has 0 aliphatic rings. The molecular weight excluding hydrogens is 578 g/mol. The number of aromatic nitrogens is 1. The number of aliphatic carboxylic acids is 1. The first-order valence-electron chi connectivity index (χ1n) is 12.6. The zero-order valence-corrected chi connectivity index (χ0v) is 23.3. The molecule has 0 atom stereocenters. The van der Waals surface area contributed by atoms with E-state index in [0.717, 1.165) is 0 Å². The van der Waals surface area contributed by atoms with Crippen LogP contribution in [0.25, 0.3) is 5.69 Å². The van der Waals surface area contributed by atoms with Crippen LogP contribution in [0.3, 0.4) is 0 Å². The molecule has 43 heavy (non-hydrogen) atoms. The fraction of sp³-hybridized carbons (Fsp3) is 0.0667. The second-order valence-corrected chi connectivity index (χ2v) is 9.48. The van der Waals surface area contributed by atoms with Gasteiger partial charge < -0.3 is 26.4 Å². The number of carbonyl (C=O) groups excluding carboxylic acids is 4. The van der Waals surface area contributed by atoms with Crippen molar-refractivity contribution >= 4 is 58.3 Å². The van der Waals surface area contributed by atoms with Crippen LogP contribution in [0.2, 0.25) is 5.02 Å². The summed E-state index contributed by atoms with van der Waals surface area (Å²) < 4.78 is 1.42. The molecule has 218 valence electrons. The predicted molar refractivity (Wildman–Crippen MR) is 160 cm³/mol. The second kappa shape index (κ2) is 13.3. The van der Waals surface area contributed by atoms with Crippen molar-refractivity contribution in [2.45, 2.75) is 6.92 Å². The number of amides is 4. The second-order valence-electron chi connectivity index (χ2n) is 9.08. The molecule has 1 aromatic heterocycles. The van der Waals surface area contributed by atoms with Crippen LogP contribution in [-0.2, 0) is 9.59 Å². The number of benzene rings is 3. The molecule has 0 spiro atoms. The summed E-state index contributed by atoms with van der Waals surface area (Å²) in [7, 11) is 0. The van der Waals surface area contributed by atoms with E-state index in [4.69, 9.17) is 16.7 Å². The van der Waals surface area contributed by atoms with Gasteiger partial charge in [-0.1, -0.05) is 17.7 Å². The van der Waals surface area contributed by atoms with Gasteiger partial charge >= 0.3 is 5.97 Å². The minimum absolute atomic E-state index is 0.0197. The minimum Gasteiger partial charge on any atom is -0.480 e. The van der Waals surface area contributed by atoms with Crippen molar-refractivity contribution in [1.82, 2.24) is 9.88 Å². The highest BCUT2D eigenvalue weighted by Crippen LogP contribution is 2.27. The number of halogens is 1. The van der Waals surface area contributed by atoms with Crippen LogP contribution in [0.4, 0.5) is 17.1 Å². The molecule has 1 heterocycles. The van der Waals surface area contributed by atoms with Gasteiger partial charge in [-0.15, -0.1) is 0 Å². The van der Waals surface area contributed by atoms with Crippen molar-refractivity contribution in [3.63, 3.8) is 0 Å². The van der Waals surface area contributed by atoms with E-state index in [-0.39, 0.29) is 44.6 Å². The highest BCUT2D eigenvalue weighted by atomic mass is 35.5. The van der Waals surface area contributed by atoms with Crippen molar-refractivity contribution in [3.05, 3.63) is 117 Å². The molecule has 12 nitrogen and oxygen atoms in total. The molecule has 0 fully saturated rings. The molecule has 3 aromatic carbocycles. The summed E-state index contributed by atoms with van der Waals surface area (Å²) in [5, 5.41) is 19.1. The van der Waals surface area contributed by atoms with Crippen LogP contribution in [0.15, 0.2) is 89.9 Å². The molecule has 4 amide bonds. The van der Waals surface area contributed by atoms with E-state index < -0.39 is 30.2 Å².